The van der Waals surface area contributed by atoms with Crippen LogP contribution in [-0.2, 0) is 11.3 Å². The number of halogens is 6. The first-order valence-electron chi connectivity index (χ1n) is 11.8. The molecule has 1 saturated carbocycles. The van der Waals surface area contributed by atoms with Crippen molar-refractivity contribution in [1.29, 1.82) is 0 Å². The molecule has 0 unspecified atom stereocenters. The Labute approximate surface area is 196 Å². The van der Waals surface area contributed by atoms with Crippen molar-refractivity contribution in [2.45, 2.75) is 70.6 Å². The summed E-state index contributed by atoms with van der Waals surface area (Å²) in [4.78, 5) is 0. The van der Waals surface area contributed by atoms with Gasteiger partial charge in [0, 0.05) is 16.7 Å². The monoisotopic (exact) mass is 484 g/mol. The third-order valence-electron chi connectivity index (χ3n) is 6.47. The van der Waals surface area contributed by atoms with Crippen molar-refractivity contribution in [2.24, 2.45) is 5.92 Å². The van der Waals surface area contributed by atoms with E-state index in [1.807, 2.05) is 12.1 Å². The van der Waals surface area contributed by atoms with Gasteiger partial charge in [0.1, 0.15) is 12.4 Å². The lowest BCUT2D eigenvalue weighted by molar-refractivity contribution is -0.176. The fourth-order valence-corrected chi connectivity index (χ4v) is 4.51. The van der Waals surface area contributed by atoms with Crippen molar-refractivity contribution in [1.82, 2.24) is 0 Å². The van der Waals surface area contributed by atoms with Crippen LogP contribution in [0, 0.1) is 11.7 Å². The number of benzene rings is 2. The molecule has 0 amide bonds. The Bertz CT molecular complexity index is 956. The van der Waals surface area contributed by atoms with Crippen molar-refractivity contribution >= 4 is 11.7 Å². The SMILES string of the molecule is CCCCC1CCC(c2ccc(/C(F)=C(/F)c3ccc(COCC(F)(F)F)c(F)c3)cc2)CC1. The molecule has 0 radical (unpaired) electrons. The Morgan fingerprint density at radius 2 is 1.53 bits per heavy atom. The van der Waals surface area contributed by atoms with Crippen molar-refractivity contribution in [3.63, 3.8) is 0 Å². The van der Waals surface area contributed by atoms with Gasteiger partial charge in [0.2, 0.25) is 0 Å². The van der Waals surface area contributed by atoms with Gasteiger partial charge in [-0.3, -0.25) is 0 Å². The van der Waals surface area contributed by atoms with E-state index in [1.165, 1.54) is 44.2 Å². The van der Waals surface area contributed by atoms with Gasteiger partial charge in [0.15, 0.2) is 11.7 Å². The lowest BCUT2D eigenvalue weighted by atomic mass is 9.77. The lowest BCUT2D eigenvalue weighted by Gasteiger charge is -2.28. The molecular weight excluding hydrogens is 454 g/mol. The number of alkyl halides is 3. The van der Waals surface area contributed by atoms with Gasteiger partial charge >= 0.3 is 6.18 Å². The zero-order valence-corrected chi connectivity index (χ0v) is 19.2. The van der Waals surface area contributed by atoms with Crippen LogP contribution < -0.4 is 0 Å². The fraction of sp³-hybridized carbons (Fsp3) is 0.481. The predicted octanol–water partition coefficient (Wildman–Crippen LogP) is 9.13. The van der Waals surface area contributed by atoms with Gasteiger partial charge in [-0.1, -0.05) is 62.6 Å². The topological polar surface area (TPSA) is 9.23 Å². The number of rotatable bonds is 9. The first kappa shape index (κ1) is 26.3. The summed E-state index contributed by atoms with van der Waals surface area (Å²) in [5.41, 5.74) is 0.662. The maximum atomic E-state index is 14.8. The standard InChI is InChI=1S/C27H30F6O/c1-2-3-4-18-5-7-19(8-6-18)20-9-11-21(12-10-20)25(29)26(30)22-13-14-23(24(28)15-22)16-34-17-27(31,32)33/h9-15,18-19H,2-8,16-17H2,1H3/b26-25-. The number of hydrogen-bond acceptors (Lipinski definition) is 1. The van der Waals surface area contributed by atoms with E-state index < -0.39 is 36.9 Å². The summed E-state index contributed by atoms with van der Waals surface area (Å²) < 4.78 is 84.5. The van der Waals surface area contributed by atoms with Crippen LogP contribution in [0.5, 0.6) is 0 Å². The summed E-state index contributed by atoms with van der Waals surface area (Å²) in [6.45, 7) is 0.0573. The summed E-state index contributed by atoms with van der Waals surface area (Å²) in [7, 11) is 0. The van der Waals surface area contributed by atoms with Crippen molar-refractivity contribution in [3.05, 3.63) is 70.5 Å². The summed E-state index contributed by atoms with van der Waals surface area (Å²) in [5, 5.41) is 0. The Kier molecular flexibility index (Phi) is 9.23. The second kappa shape index (κ2) is 11.9. The first-order chi connectivity index (χ1) is 16.2. The largest absolute Gasteiger partial charge is 0.411 e. The fourth-order valence-electron chi connectivity index (χ4n) is 4.51. The molecular formula is C27H30F6O. The number of ether oxygens (including phenoxy) is 1. The molecule has 34 heavy (non-hydrogen) atoms. The van der Waals surface area contributed by atoms with Crippen molar-refractivity contribution in [3.8, 4) is 0 Å². The Hall–Kier alpha value is -2.28. The molecule has 1 aliphatic rings. The van der Waals surface area contributed by atoms with Gasteiger partial charge in [0.05, 0.1) is 6.61 Å². The highest BCUT2D eigenvalue weighted by Gasteiger charge is 2.27. The van der Waals surface area contributed by atoms with Gasteiger partial charge < -0.3 is 4.74 Å². The van der Waals surface area contributed by atoms with Crippen molar-refractivity contribution in [2.75, 3.05) is 6.61 Å². The molecule has 0 aliphatic heterocycles. The highest BCUT2D eigenvalue weighted by atomic mass is 19.4. The Balaban J connectivity index is 1.64. The molecule has 7 heteroatoms. The normalized spacial score (nSPS) is 19.7. The third-order valence-corrected chi connectivity index (χ3v) is 6.47. The third kappa shape index (κ3) is 7.36. The van der Waals surface area contributed by atoms with E-state index in [2.05, 4.69) is 11.7 Å². The van der Waals surface area contributed by atoms with E-state index in [4.69, 9.17) is 0 Å². The highest BCUT2D eigenvalue weighted by molar-refractivity contribution is 5.83. The average molecular weight is 485 g/mol. The molecule has 0 heterocycles. The Morgan fingerprint density at radius 3 is 2.12 bits per heavy atom. The second-order valence-corrected chi connectivity index (χ2v) is 9.02. The second-order valence-electron chi connectivity index (χ2n) is 9.02. The van der Waals surface area contributed by atoms with E-state index in [-0.39, 0.29) is 16.7 Å². The molecule has 1 aliphatic carbocycles. The molecule has 1 nitrogen and oxygen atoms in total. The van der Waals surface area contributed by atoms with Gasteiger partial charge in [-0.05, 0) is 49.1 Å². The summed E-state index contributed by atoms with van der Waals surface area (Å²) >= 11 is 0. The molecule has 1 fully saturated rings. The first-order valence-corrected chi connectivity index (χ1v) is 11.8. The molecule has 0 saturated heterocycles. The minimum absolute atomic E-state index is 0.0517. The van der Waals surface area contributed by atoms with Crippen molar-refractivity contribution < 1.29 is 31.1 Å². The summed E-state index contributed by atoms with van der Waals surface area (Å²) in [5.74, 6) is -2.10. The summed E-state index contributed by atoms with van der Waals surface area (Å²) in [6, 6.07) is 9.67. The van der Waals surface area contributed by atoms with E-state index >= 15 is 0 Å². The Morgan fingerprint density at radius 1 is 0.912 bits per heavy atom. The molecule has 2 aromatic rings. The van der Waals surface area contributed by atoms with E-state index in [0.717, 1.165) is 42.5 Å². The van der Waals surface area contributed by atoms with Crippen LogP contribution in [0.1, 0.15) is 80.0 Å². The molecule has 186 valence electrons. The van der Waals surface area contributed by atoms with Crippen LogP contribution in [-0.4, -0.2) is 12.8 Å². The highest BCUT2D eigenvalue weighted by Crippen LogP contribution is 2.38. The smallest absolute Gasteiger partial charge is 0.367 e. The maximum absolute atomic E-state index is 14.8. The van der Waals surface area contributed by atoms with E-state index in [1.54, 1.807) is 0 Å². The quantitative estimate of drug-likeness (QED) is 0.255. The number of hydrogen-bond donors (Lipinski definition) is 0. The van der Waals surface area contributed by atoms with Crippen LogP contribution in [0.2, 0.25) is 0 Å². The zero-order chi connectivity index (χ0) is 24.7. The molecule has 0 bridgehead atoms. The zero-order valence-electron chi connectivity index (χ0n) is 19.2. The van der Waals surface area contributed by atoms with Crippen LogP contribution in [0.3, 0.4) is 0 Å². The van der Waals surface area contributed by atoms with Crippen LogP contribution in [0.4, 0.5) is 26.3 Å². The lowest BCUT2D eigenvalue weighted by Crippen LogP contribution is -2.17. The molecule has 0 N–H and O–H groups in total. The van der Waals surface area contributed by atoms with E-state index in [9.17, 15) is 26.3 Å². The summed E-state index contributed by atoms with van der Waals surface area (Å²) in [6.07, 6.45) is 3.80. The molecule has 0 atom stereocenters. The molecule has 3 rings (SSSR count). The van der Waals surface area contributed by atoms with Gasteiger partial charge in [-0.15, -0.1) is 0 Å². The van der Waals surface area contributed by atoms with Gasteiger partial charge in [-0.25, -0.2) is 13.2 Å². The van der Waals surface area contributed by atoms with Gasteiger partial charge in [0.25, 0.3) is 0 Å². The van der Waals surface area contributed by atoms with Crippen LogP contribution in [0.25, 0.3) is 11.7 Å². The minimum atomic E-state index is -4.53. The van der Waals surface area contributed by atoms with Gasteiger partial charge in [-0.2, -0.15) is 13.2 Å². The predicted molar refractivity (Wildman–Crippen MR) is 122 cm³/mol. The van der Waals surface area contributed by atoms with Crippen LogP contribution in [0.15, 0.2) is 42.5 Å². The average Bonchev–Trinajstić information content (AvgIpc) is 2.82. The molecule has 0 spiro atoms. The maximum Gasteiger partial charge on any atom is 0.411 e. The molecule has 0 aromatic heterocycles. The molecule has 2 aromatic carbocycles. The minimum Gasteiger partial charge on any atom is -0.367 e. The number of unbranched alkanes of at least 4 members (excludes halogenated alkanes) is 1. The van der Waals surface area contributed by atoms with Crippen LogP contribution >= 0.6 is 0 Å². The van der Waals surface area contributed by atoms with E-state index in [0.29, 0.717) is 5.92 Å².